The Morgan fingerprint density at radius 3 is 3.22 bits per heavy atom. The van der Waals surface area contributed by atoms with Gasteiger partial charge in [0.1, 0.15) is 5.82 Å². The minimum Gasteiger partial charge on any atom is -0.384 e. The molecule has 1 aliphatic heterocycles. The van der Waals surface area contributed by atoms with Gasteiger partial charge in [0.2, 0.25) is 0 Å². The van der Waals surface area contributed by atoms with E-state index in [0.717, 1.165) is 25.3 Å². The third-order valence-corrected chi connectivity index (χ3v) is 3.50. The summed E-state index contributed by atoms with van der Waals surface area (Å²) in [4.78, 5) is 4.54. The average Bonchev–Trinajstić information content (AvgIpc) is 2.87. The van der Waals surface area contributed by atoms with Crippen LogP contribution in [0.2, 0.25) is 0 Å². The lowest BCUT2D eigenvalue weighted by Gasteiger charge is -2.21. The van der Waals surface area contributed by atoms with E-state index in [1.54, 1.807) is 0 Å². The van der Waals surface area contributed by atoms with E-state index in [-0.39, 0.29) is 0 Å². The maximum Gasteiger partial charge on any atom is 0.141 e. The van der Waals surface area contributed by atoms with Gasteiger partial charge in [-0.15, -0.1) is 0 Å². The number of hydrogen-bond donors (Lipinski definition) is 1. The van der Waals surface area contributed by atoms with Crippen LogP contribution in [0.1, 0.15) is 25.3 Å². The molecule has 1 aliphatic rings. The molecule has 94 valence electrons. The first-order valence-electron chi connectivity index (χ1n) is 6.77. The first kappa shape index (κ1) is 11.3. The fourth-order valence-corrected chi connectivity index (χ4v) is 2.67. The number of imidazole rings is 1. The van der Waals surface area contributed by atoms with Crippen molar-refractivity contribution in [1.29, 1.82) is 0 Å². The van der Waals surface area contributed by atoms with Crippen molar-refractivity contribution in [2.75, 3.05) is 11.9 Å². The molecular weight excluding hydrogens is 222 g/mol. The zero-order valence-electron chi connectivity index (χ0n) is 10.8. The lowest BCUT2D eigenvalue weighted by molar-refractivity contribution is 0.685. The molecule has 0 saturated carbocycles. The predicted molar refractivity (Wildman–Crippen MR) is 74.8 cm³/mol. The molecule has 0 saturated heterocycles. The summed E-state index contributed by atoms with van der Waals surface area (Å²) in [5, 5.41) is 3.54. The van der Waals surface area contributed by atoms with Gasteiger partial charge in [-0.3, -0.25) is 0 Å². The van der Waals surface area contributed by atoms with Crippen molar-refractivity contribution in [3.63, 3.8) is 0 Å². The molecule has 1 N–H and O–H groups in total. The van der Waals surface area contributed by atoms with Crippen LogP contribution in [0.5, 0.6) is 0 Å². The van der Waals surface area contributed by atoms with Crippen molar-refractivity contribution < 1.29 is 0 Å². The highest BCUT2D eigenvalue weighted by Crippen LogP contribution is 2.32. The van der Waals surface area contributed by atoms with Gasteiger partial charge in [0.15, 0.2) is 0 Å². The number of fused-ring (bicyclic) bond motifs is 1. The molecule has 3 nitrogen and oxygen atoms in total. The van der Waals surface area contributed by atoms with E-state index in [1.807, 2.05) is 6.20 Å². The minimum atomic E-state index is 1.03. The lowest BCUT2D eigenvalue weighted by Crippen LogP contribution is -2.13. The second-order valence-corrected chi connectivity index (χ2v) is 4.81. The number of aromatic nitrogens is 2. The summed E-state index contributed by atoms with van der Waals surface area (Å²) >= 11 is 0. The van der Waals surface area contributed by atoms with Crippen molar-refractivity contribution in [1.82, 2.24) is 9.55 Å². The van der Waals surface area contributed by atoms with Crippen LogP contribution in [0, 0.1) is 0 Å². The number of hydrogen-bond acceptors (Lipinski definition) is 2. The largest absolute Gasteiger partial charge is 0.384 e. The number of nitrogens with zero attached hydrogens (tertiary/aromatic N) is 2. The Kier molecular flexibility index (Phi) is 3.05. The molecule has 3 heteroatoms. The predicted octanol–water partition coefficient (Wildman–Crippen LogP) is 3.32. The molecule has 2 aromatic rings. The Bertz CT molecular complexity index is 542. The lowest BCUT2D eigenvalue weighted by atomic mass is 9.99. The Morgan fingerprint density at radius 1 is 1.39 bits per heavy atom. The third-order valence-electron chi connectivity index (χ3n) is 3.50. The van der Waals surface area contributed by atoms with Gasteiger partial charge in [-0.25, -0.2) is 4.98 Å². The molecule has 0 fully saturated rings. The highest BCUT2D eigenvalue weighted by atomic mass is 15.1. The molecule has 0 radical (unpaired) electrons. The molecule has 0 atom stereocenters. The molecule has 0 amide bonds. The molecule has 3 rings (SSSR count). The number of rotatable bonds is 3. The van der Waals surface area contributed by atoms with Gasteiger partial charge in [-0.1, -0.05) is 19.1 Å². The number of aryl methyl sites for hydroxylation is 2. The summed E-state index contributed by atoms with van der Waals surface area (Å²) < 4.78 is 2.24. The SMILES string of the molecule is CCCn1ccnc1-c1cccc2c1NCCC2. The van der Waals surface area contributed by atoms with Crippen LogP contribution in [0.4, 0.5) is 5.69 Å². The van der Waals surface area contributed by atoms with Gasteiger partial charge in [-0.05, 0) is 30.9 Å². The maximum absolute atomic E-state index is 4.54. The van der Waals surface area contributed by atoms with Crippen molar-refractivity contribution in [3.8, 4) is 11.4 Å². The van der Waals surface area contributed by atoms with Crippen LogP contribution < -0.4 is 5.32 Å². The summed E-state index contributed by atoms with van der Waals surface area (Å²) in [7, 11) is 0. The molecule has 18 heavy (non-hydrogen) atoms. The van der Waals surface area contributed by atoms with Crippen LogP contribution in [0.3, 0.4) is 0 Å². The quantitative estimate of drug-likeness (QED) is 0.893. The summed E-state index contributed by atoms with van der Waals surface area (Å²) in [6.07, 6.45) is 7.49. The monoisotopic (exact) mass is 241 g/mol. The van der Waals surface area contributed by atoms with E-state index >= 15 is 0 Å². The molecular formula is C15H19N3. The zero-order valence-corrected chi connectivity index (χ0v) is 10.8. The molecule has 0 unspecified atom stereocenters. The number of anilines is 1. The number of nitrogens with one attached hydrogen (secondary N) is 1. The van der Waals surface area contributed by atoms with E-state index < -0.39 is 0 Å². The summed E-state index contributed by atoms with van der Waals surface area (Å²) in [5.74, 6) is 1.09. The highest BCUT2D eigenvalue weighted by molar-refractivity contribution is 5.77. The molecule has 0 spiro atoms. The van der Waals surface area contributed by atoms with Gasteiger partial charge in [-0.2, -0.15) is 0 Å². The van der Waals surface area contributed by atoms with Crippen molar-refractivity contribution in [2.24, 2.45) is 0 Å². The molecule has 1 aromatic carbocycles. The maximum atomic E-state index is 4.54. The van der Waals surface area contributed by atoms with Crippen LogP contribution in [-0.4, -0.2) is 16.1 Å². The Balaban J connectivity index is 2.08. The van der Waals surface area contributed by atoms with Crippen LogP contribution in [0.15, 0.2) is 30.6 Å². The molecule has 0 bridgehead atoms. The standard InChI is InChI=1S/C15H19N3/c1-2-10-18-11-9-17-15(18)13-7-3-5-12-6-4-8-16-14(12)13/h3,5,7,9,11,16H,2,4,6,8,10H2,1H3. The molecule has 1 aromatic heterocycles. The van der Waals surface area contributed by atoms with Crippen LogP contribution >= 0.6 is 0 Å². The Hall–Kier alpha value is -1.77. The third kappa shape index (κ3) is 1.90. The van der Waals surface area contributed by atoms with E-state index in [0.29, 0.717) is 0 Å². The fraction of sp³-hybridized carbons (Fsp3) is 0.400. The molecule has 2 heterocycles. The second kappa shape index (κ2) is 4.84. The van der Waals surface area contributed by atoms with E-state index in [4.69, 9.17) is 0 Å². The van der Waals surface area contributed by atoms with E-state index in [2.05, 4.69) is 46.2 Å². The van der Waals surface area contributed by atoms with E-state index in [9.17, 15) is 0 Å². The number of benzene rings is 1. The second-order valence-electron chi connectivity index (χ2n) is 4.81. The first-order chi connectivity index (χ1) is 8.90. The zero-order chi connectivity index (χ0) is 12.4. The highest BCUT2D eigenvalue weighted by Gasteiger charge is 2.16. The summed E-state index contributed by atoms with van der Waals surface area (Å²) in [6, 6.07) is 6.54. The number of para-hydroxylation sites is 1. The Morgan fingerprint density at radius 2 is 2.33 bits per heavy atom. The minimum absolute atomic E-state index is 1.03. The average molecular weight is 241 g/mol. The summed E-state index contributed by atoms with van der Waals surface area (Å²) in [6.45, 7) is 4.29. The van der Waals surface area contributed by atoms with Gasteiger partial charge < -0.3 is 9.88 Å². The van der Waals surface area contributed by atoms with Gasteiger partial charge in [0, 0.05) is 36.7 Å². The summed E-state index contributed by atoms with van der Waals surface area (Å²) in [5.41, 5.74) is 3.95. The van der Waals surface area contributed by atoms with Gasteiger partial charge >= 0.3 is 0 Å². The molecule has 0 aliphatic carbocycles. The Labute approximate surface area is 108 Å². The van der Waals surface area contributed by atoms with Crippen LogP contribution in [0.25, 0.3) is 11.4 Å². The first-order valence-corrected chi connectivity index (χ1v) is 6.77. The van der Waals surface area contributed by atoms with Crippen molar-refractivity contribution in [2.45, 2.75) is 32.7 Å². The normalized spacial score (nSPS) is 14.1. The smallest absolute Gasteiger partial charge is 0.141 e. The van der Waals surface area contributed by atoms with Crippen molar-refractivity contribution >= 4 is 5.69 Å². The van der Waals surface area contributed by atoms with Crippen molar-refractivity contribution in [3.05, 3.63) is 36.2 Å². The topological polar surface area (TPSA) is 29.9 Å². The van der Waals surface area contributed by atoms with E-state index in [1.165, 1.54) is 29.7 Å². The fourth-order valence-electron chi connectivity index (χ4n) is 2.67. The van der Waals surface area contributed by atoms with Gasteiger partial charge in [0.25, 0.3) is 0 Å². The van der Waals surface area contributed by atoms with Gasteiger partial charge in [0.05, 0.1) is 0 Å². The van der Waals surface area contributed by atoms with Crippen LogP contribution in [-0.2, 0) is 13.0 Å².